The zero-order valence-corrected chi connectivity index (χ0v) is 9.17. The van der Waals surface area contributed by atoms with Gasteiger partial charge in [-0.2, -0.15) is 0 Å². The Morgan fingerprint density at radius 1 is 1.40 bits per heavy atom. The van der Waals surface area contributed by atoms with Crippen LogP contribution in [0, 0.1) is 0 Å². The molecule has 0 saturated heterocycles. The molecule has 0 aliphatic rings. The van der Waals surface area contributed by atoms with E-state index >= 15 is 0 Å². The molecule has 3 nitrogen and oxygen atoms in total. The molecule has 0 radical (unpaired) electrons. The maximum absolute atomic E-state index is 11.5. The Morgan fingerprint density at radius 2 is 2.13 bits per heavy atom. The van der Waals surface area contributed by atoms with Crippen LogP contribution in [0.1, 0.15) is 23.7 Å². The first-order valence-electron chi connectivity index (χ1n) is 4.69. The molecular weight excluding hydrogens is 214 g/mol. The Labute approximate surface area is 93.4 Å². The smallest absolute Gasteiger partial charge is 0.220 e. The van der Waals surface area contributed by atoms with Gasteiger partial charge < -0.3 is 5.32 Å². The van der Waals surface area contributed by atoms with Crippen LogP contribution in [0.2, 0.25) is 5.02 Å². The maximum Gasteiger partial charge on any atom is 0.220 e. The minimum Gasteiger partial charge on any atom is -0.349 e. The predicted octanol–water partition coefficient (Wildman–Crippen LogP) is 2.05. The van der Waals surface area contributed by atoms with Crippen LogP contribution in [0.25, 0.3) is 0 Å². The van der Waals surface area contributed by atoms with Gasteiger partial charge in [-0.1, -0.05) is 30.7 Å². The number of benzene rings is 1. The molecule has 0 aromatic heterocycles. The lowest BCUT2D eigenvalue weighted by molar-refractivity contribution is -0.120. The molecule has 1 amide bonds. The van der Waals surface area contributed by atoms with Crippen LogP contribution >= 0.6 is 11.6 Å². The van der Waals surface area contributed by atoms with Crippen molar-refractivity contribution in [2.75, 3.05) is 6.54 Å². The van der Waals surface area contributed by atoms with E-state index in [9.17, 15) is 9.59 Å². The lowest BCUT2D eigenvalue weighted by atomic mass is 10.1. The van der Waals surface area contributed by atoms with Crippen LogP contribution < -0.4 is 5.32 Å². The number of ketones is 1. The average Bonchev–Trinajstić information content (AvgIpc) is 2.25. The van der Waals surface area contributed by atoms with E-state index in [0.29, 0.717) is 17.0 Å². The largest absolute Gasteiger partial charge is 0.349 e. The fourth-order valence-corrected chi connectivity index (χ4v) is 1.26. The first-order chi connectivity index (χ1) is 7.13. The van der Waals surface area contributed by atoms with Gasteiger partial charge in [0.05, 0.1) is 6.54 Å². The Hall–Kier alpha value is -1.35. The van der Waals surface area contributed by atoms with Crippen LogP contribution in [0.4, 0.5) is 0 Å². The van der Waals surface area contributed by atoms with E-state index in [1.165, 1.54) is 0 Å². The highest BCUT2D eigenvalue weighted by Gasteiger charge is 2.07. The minimum atomic E-state index is -0.140. The quantitative estimate of drug-likeness (QED) is 0.798. The van der Waals surface area contributed by atoms with Crippen molar-refractivity contribution in [3.05, 3.63) is 34.9 Å². The van der Waals surface area contributed by atoms with Gasteiger partial charge in [0.1, 0.15) is 0 Å². The zero-order chi connectivity index (χ0) is 11.3. The molecule has 0 atom stereocenters. The van der Waals surface area contributed by atoms with E-state index in [4.69, 9.17) is 11.6 Å². The summed E-state index contributed by atoms with van der Waals surface area (Å²) >= 11 is 5.74. The zero-order valence-electron chi connectivity index (χ0n) is 8.42. The Kier molecular flexibility index (Phi) is 4.31. The molecule has 0 fully saturated rings. The van der Waals surface area contributed by atoms with Crippen molar-refractivity contribution in [2.45, 2.75) is 13.3 Å². The summed E-state index contributed by atoms with van der Waals surface area (Å²) in [4.78, 5) is 22.5. The van der Waals surface area contributed by atoms with Gasteiger partial charge in [0.15, 0.2) is 5.78 Å². The second kappa shape index (κ2) is 5.51. The van der Waals surface area contributed by atoms with E-state index < -0.39 is 0 Å². The molecule has 1 aromatic carbocycles. The molecule has 80 valence electrons. The van der Waals surface area contributed by atoms with E-state index in [2.05, 4.69) is 5.32 Å². The van der Waals surface area contributed by atoms with Crippen LogP contribution in [0.15, 0.2) is 24.3 Å². The molecule has 0 aliphatic carbocycles. The molecule has 0 spiro atoms. The Bertz CT molecular complexity index is 377. The van der Waals surface area contributed by atoms with Gasteiger partial charge in [0, 0.05) is 17.0 Å². The van der Waals surface area contributed by atoms with Gasteiger partial charge in [0.25, 0.3) is 0 Å². The summed E-state index contributed by atoms with van der Waals surface area (Å²) < 4.78 is 0. The number of amides is 1. The Balaban J connectivity index is 2.58. The summed E-state index contributed by atoms with van der Waals surface area (Å²) in [5.74, 6) is -0.273. The normalized spacial score (nSPS) is 9.73. The number of carbonyl (C=O) groups excluding carboxylic acids is 2. The van der Waals surface area contributed by atoms with Gasteiger partial charge in [-0.3, -0.25) is 9.59 Å². The average molecular weight is 226 g/mol. The summed E-state index contributed by atoms with van der Waals surface area (Å²) in [6.07, 6.45) is 0.378. The molecule has 1 N–H and O–H groups in total. The van der Waals surface area contributed by atoms with Crippen molar-refractivity contribution in [3.63, 3.8) is 0 Å². The molecule has 4 heteroatoms. The molecule has 1 rings (SSSR count). The number of halogens is 1. The SMILES string of the molecule is CCC(=O)NCC(=O)c1cccc(Cl)c1. The molecule has 15 heavy (non-hydrogen) atoms. The van der Waals surface area contributed by atoms with Crippen molar-refractivity contribution in [2.24, 2.45) is 0 Å². The van der Waals surface area contributed by atoms with Crippen molar-refractivity contribution >= 4 is 23.3 Å². The Morgan fingerprint density at radius 3 is 2.73 bits per heavy atom. The van der Waals surface area contributed by atoms with E-state index in [-0.39, 0.29) is 18.2 Å². The number of rotatable bonds is 4. The molecule has 0 unspecified atom stereocenters. The second-order valence-corrected chi connectivity index (χ2v) is 3.50. The number of hydrogen-bond donors (Lipinski definition) is 1. The van der Waals surface area contributed by atoms with Crippen molar-refractivity contribution in [3.8, 4) is 0 Å². The van der Waals surface area contributed by atoms with Crippen LogP contribution in [0.3, 0.4) is 0 Å². The monoisotopic (exact) mass is 225 g/mol. The maximum atomic E-state index is 11.5. The molecule has 0 aliphatic heterocycles. The van der Waals surface area contributed by atoms with E-state index in [1.54, 1.807) is 31.2 Å². The van der Waals surface area contributed by atoms with Crippen molar-refractivity contribution in [1.29, 1.82) is 0 Å². The third-order valence-corrected chi connectivity index (χ3v) is 2.15. The highest BCUT2D eigenvalue weighted by Crippen LogP contribution is 2.10. The summed E-state index contributed by atoms with van der Waals surface area (Å²) in [7, 11) is 0. The highest BCUT2D eigenvalue weighted by atomic mass is 35.5. The van der Waals surface area contributed by atoms with Crippen molar-refractivity contribution in [1.82, 2.24) is 5.32 Å². The first kappa shape index (κ1) is 11.7. The number of carbonyl (C=O) groups is 2. The van der Waals surface area contributed by atoms with Gasteiger partial charge in [-0.15, -0.1) is 0 Å². The molecule has 0 bridgehead atoms. The van der Waals surface area contributed by atoms with Gasteiger partial charge in [-0.25, -0.2) is 0 Å². The number of Topliss-reactive ketones (excluding diaryl/α,β-unsaturated/α-hetero) is 1. The van der Waals surface area contributed by atoms with Gasteiger partial charge >= 0.3 is 0 Å². The fourth-order valence-electron chi connectivity index (χ4n) is 1.07. The standard InChI is InChI=1S/C11H12ClNO2/c1-2-11(15)13-7-10(14)8-4-3-5-9(12)6-8/h3-6H,2,7H2,1H3,(H,13,15). The summed E-state index contributed by atoms with van der Waals surface area (Å²) in [5, 5.41) is 3.03. The molecule has 0 heterocycles. The molecule has 1 aromatic rings. The van der Waals surface area contributed by atoms with Crippen molar-refractivity contribution < 1.29 is 9.59 Å². The third-order valence-electron chi connectivity index (χ3n) is 1.91. The molecular formula is C11H12ClNO2. The summed E-state index contributed by atoms with van der Waals surface area (Å²) in [6, 6.07) is 6.66. The first-order valence-corrected chi connectivity index (χ1v) is 5.06. The minimum absolute atomic E-state index is 0.0208. The second-order valence-electron chi connectivity index (χ2n) is 3.06. The summed E-state index contributed by atoms with van der Waals surface area (Å²) in [6.45, 7) is 1.76. The topological polar surface area (TPSA) is 46.2 Å². The van der Waals surface area contributed by atoms with E-state index in [1.807, 2.05) is 0 Å². The van der Waals surface area contributed by atoms with E-state index in [0.717, 1.165) is 0 Å². The van der Waals surface area contributed by atoms with Crippen LogP contribution in [-0.2, 0) is 4.79 Å². The predicted molar refractivity (Wildman–Crippen MR) is 59.1 cm³/mol. The third kappa shape index (κ3) is 3.72. The number of nitrogens with one attached hydrogen (secondary N) is 1. The highest BCUT2D eigenvalue weighted by molar-refractivity contribution is 6.31. The van der Waals surface area contributed by atoms with Crippen LogP contribution in [0.5, 0.6) is 0 Å². The fraction of sp³-hybridized carbons (Fsp3) is 0.273. The lowest BCUT2D eigenvalue weighted by Crippen LogP contribution is -2.28. The molecule has 0 saturated carbocycles. The van der Waals surface area contributed by atoms with Gasteiger partial charge in [0.2, 0.25) is 5.91 Å². The van der Waals surface area contributed by atoms with Crippen LogP contribution in [-0.4, -0.2) is 18.2 Å². The lowest BCUT2D eigenvalue weighted by Gasteiger charge is -2.03. The number of hydrogen-bond acceptors (Lipinski definition) is 2. The van der Waals surface area contributed by atoms with Gasteiger partial charge in [-0.05, 0) is 12.1 Å². The summed E-state index contributed by atoms with van der Waals surface area (Å²) in [5.41, 5.74) is 0.513.